The number of Topliss-reactive ketones (excluding diaryl/α,β-unsaturated/α-hetero) is 1. The van der Waals surface area contributed by atoms with Crippen LogP contribution in [0.25, 0.3) is 0 Å². The highest BCUT2D eigenvalue weighted by Gasteiger charge is 2.21. The number of hydrogen-bond donors (Lipinski definition) is 0. The van der Waals surface area contributed by atoms with Crippen molar-refractivity contribution in [1.82, 2.24) is 14.8 Å². The summed E-state index contributed by atoms with van der Waals surface area (Å²) in [6.45, 7) is 8.60. The fourth-order valence-corrected chi connectivity index (χ4v) is 4.06. The van der Waals surface area contributed by atoms with Crippen molar-refractivity contribution >= 4 is 5.78 Å². The van der Waals surface area contributed by atoms with E-state index in [-0.39, 0.29) is 5.78 Å². The van der Waals surface area contributed by atoms with E-state index in [0.29, 0.717) is 5.92 Å². The van der Waals surface area contributed by atoms with Crippen LogP contribution in [0.5, 0.6) is 0 Å². The third-order valence-corrected chi connectivity index (χ3v) is 5.73. The van der Waals surface area contributed by atoms with Gasteiger partial charge in [-0.2, -0.15) is 0 Å². The van der Waals surface area contributed by atoms with Crippen LogP contribution in [0.2, 0.25) is 0 Å². The highest BCUT2D eigenvalue weighted by atomic mass is 16.5. The van der Waals surface area contributed by atoms with Gasteiger partial charge >= 0.3 is 0 Å². The number of piperidine rings is 1. The second-order valence-electron chi connectivity index (χ2n) is 8.06. The third-order valence-electron chi connectivity index (χ3n) is 5.73. The average molecular weight is 396 g/mol. The summed E-state index contributed by atoms with van der Waals surface area (Å²) in [7, 11) is 1.77. The number of ether oxygens (including phenoxy) is 1. The lowest BCUT2D eigenvalue weighted by Gasteiger charge is -2.35. The van der Waals surface area contributed by atoms with Crippen molar-refractivity contribution in [3.63, 3.8) is 0 Å². The Morgan fingerprint density at radius 2 is 1.86 bits per heavy atom. The predicted molar refractivity (Wildman–Crippen MR) is 116 cm³/mol. The first-order chi connectivity index (χ1) is 14.1. The zero-order valence-corrected chi connectivity index (χ0v) is 17.7. The van der Waals surface area contributed by atoms with Gasteiger partial charge in [0.15, 0.2) is 5.78 Å². The number of pyridine rings is 1. The van der Waals surface area contributed by atoms with Crippen molar-refractivity contribution in [1.29, 1.82) is 0 Å². The monoisotopic (exact) mass is 395 g/mol. The van der Waals surface area contributed by atoms with E-state index >= 15 is 0 Å². The van der Waals surface area contributed by atoms with Crippen LogP contribution in [-0.4, -0.2) is 60.5 Å². The maximum absolute atomic E-state index is 11.8. The topological polar surface area (TPSA) is 45.7 Å². The van der Waals surface area contributed by atoms with Crippen molar-refractivity contribution in [3.8, 4) is 0 Å². The molecule has 1 aromatic heterocycles. The molecule has 29 heavy (non-hydrogen) atoms. The molecule has 0 bridgehead atoms. The minimum Gasteiger partial charge on any atom is -0.383 e. The second kappa shape index (κ2) is 11.2. The molecule has 1 aromatic carbocycles. The SMILES string of the molecule is COCCN1CCC(CN(Cc2ccncc2)Cc2cccc(C(C)=O)c2)CC1. The number of aromatic nitrogens is 1. The van der Waals surface area contributed by atoms with Crippen LogP contribution >= 0.6 is 0 Å². The summed E-state index contributed by atoms with van der Waals surface area (Å²) in [5, 5.41) is 0. The molecule has 1 fully saturated rings. The van der Waals surface area contributed by atoms with E-state index in [1.807, 2.05) is 30.6 Å². The number of ketones is 1. The molecule has 5 nitrogen and oxygen atoms in total. The van der Waals surface area contributed by atoms with E-state index in [1.165, 1.54) is 24.0 Å². The quantitative estimate of drug-likeness (QED) is 0.575. The Labute approximate surface area is 174 Å². The smallest absolute Gasteiger partial charge is 0.159 e. The number of methoxy groups -OCH3 is 1. The minimum absolute atomic E-state index is 0.121. The molecule has 2 heterocycles. The van der Waals surface area contributed by atoms with Crippen LogP contribution in [0.4, 0.5) is 0 Å². The number of hydrogen-bond acceptors (Lipinski definition) is 5. The van der Waals surface area contributed by atoms with Crippen LogP contribution in [-0.2, 0) is 17.8 Å². The molecular weight excluding hydrogens is 362 g/mol. The molecule has 0 unspecified atom stereocenters. The summed E-state index contributed by atoms with van der Waals surface area (Å²) in [4.78, 5) is 20.9. The standard InChI is InChI=1S/C24H33N3O2/c1-20(28)24-5-3-4-23(16-24)19-27(17-21-6-10-25-11-7-21)18-22-8-12-26(13-9-22)14-15-29-2/h3-7,10-11,16,22H,8-9,12-15,17-19H2,1-2H3. The van der Waals surface area contributed by atoms with Gasteiger partial charge in [0.05, 0.1) is 6.61 Å². The molecule has 0 N–H and O–H groups in total. The fourth-order valence-electron chi connectivity index (χ4n) is 4.06. The fraction of sp³-hybridized carbons (Fsp3) is 0.500. The molecule has 0 radical (unpaired) electrons. The lowest BCUT2D eigenvalue weighted by Crippen LogP contribution is -2.39. The van der Waals surface area contributed by atoms with Crippen molar-refractivity contribution in [3.05, 3.63) is 65.5 Å². The Morgan fingerprint density at radius 3 is 2.55 bits per heavy atom. The van der Waals surface area contributed by atoms with Gasteiger partial charge in [0, 0.05) is 51.2 Å². The molecule has 156 valence electrons. The predicted octanol–water partition coefficient (Wildman–Crippen LogP) is 3.64. The van der Waals surface area contributed by atoms with Crippen molar-refractivity contribution in [2.45, 2.75) is 32.9 Å². The number of likely N-dealkylation sites (tertiary alicyclic amines) is 1. The van der Waals surface area contributed by atoms with E-state index in [1.54, 1.807) is 14.0 Å². The van der Waals surface area contributed by atoms with Gasteiger partial charge in [-0.3, -0.25) is 14.7 Å². The highest BCUT2D eigenvalue weighted by Crippen LogP contribution is 2.21. The van der Waals surface area contributed by atoms with E-state index in [9.17, 15) is 4.79 Å². The Morgan fingerprint density at radius 1 is 1.14 bits per heavy atom. The van der Waals surface area contributed by atoms with Crippen molar-refractivity contribution in [2.75, 3.05) is 39.9 Å². The van der Waals surface area contributed by atoms with Gasteiger partial charge < -0.3 is 9.64 Å². The first kappa shape index (κ1) is 21.6. The Hall–Kier alpha value is -2.08. The van der Waals surface area contributed by atoms with Gasteiger partial charge in [0.25, 0.3) is 0 Å². The maximum atomic E-state index is 11.8. The molecule has 0 saturated carbocycles. The molecule has 1 saturated heterocycles. The van der Waals surface area contributed by atoms with Crippen molar-refractivity contribution < 1.29 is 9.53 Å². The summed E-state index contributed by atoms with van der Waals surface area (Å²) in [6, 6.07) is 12.2. The minimum atomic E-state index is 0.121. The molecular formula is C24H33N3O2. The van der Waals surface area contributed by atoms with Crippen LogP contribution in [0, 0.1) is 5.92 Å². The Balaban J connectivity index is 1.64. The van der Waals surface area contributed by atoms with E-state index in [0.717, 1.165) is 51.4 Å². The first-order valence-electron chi connectivity index (χ1n) is 10.6. The van der Waals surface area contributed by atoms with Crippen molar-refractivity contribution in [2.24, 2.45) is 5.92 Å². The number of rotatable bonds is 10. The zero-order valence-electron chi connectivity index (χ0n) is 17.7. The molecule has 0 atom stereocenters. The third kappa shape index (κ3) is 7.03. The molecule has 1 aliphatic rings. The molecule has 2 aromatic rings. The molecule has 0 aliphatic carbocycles. The van der Waals surface area contributed by atoms with Gasteiger partial charge in [-0.15, -0.1) is 0 Å². The molecule has 3 rings (SSSR count). The van der Waals surface area contributed by atoms with Gasteiger partial charge in [0.2, 0.25) is 0 Å². The summed E-state index contributed by atoms with van der Waals surface area (Å²) < 4.78 is 5.22. The second-order valence-corrected chi connectivity index (χ2v) is 8.06. The van der Waals surface area contributed by atoms with Gasteiger partial charge in [-0.05, 0) is 68.1 Å². The molecule has 0 amide bonds. The van der Waals surface area contributed by atoms with E-state index < -0.39 is 0 Å². The van der Waals surface area contributed by atoms with Gasteiger partial charge in [-0.25, -0.2) is 0 Å². The number of benzene rings is 1. The largest absolute Gasteiger partial charge is 0.383 e. The summed E-state index contributed by atoms with van der Waals surface area (Å²) in [5.74, 6) is 0.822. The number of carbonyl (C=O) groups is 1. The normalized spacial score (nSPS) is 15.7. The molecule has 1 aliphatic heterocycles. The lowest BCUT2D eigenvalue weighted by molar-refractivity contribution is 0.101. The Kier molecular flexibility index (Phi) is 8.35. The van der Waals surface area contributed by atoms with Gasteiger partial charge in [0.1, 0.15) is 0 Å². The summed E-state index contributed by atoms with van der Waals surface area (Å²) in [5.41, 5.74) is 3.27. The molecule has 5 heteroatoms. The zero-order chi connectivity index (χ0) is 20.5. The maximum Gasteiger partial charge on any atom is 0.159 e. The Bertz CT molecular complexity index is 758. The summed E-state index contributed by atoms with van der Waals surface area (Å²) >= 11 is 0. The number of carbonyl (C=O) groups excluding carboxylic acids is 1. The number of nitrogens with zero attached hydrogens (tertiary/aromatic N) is 3. The van der Waals surface area contributed by atoms with Crippen LogP contribution in [0.15, 0.2) is 48.8 Å². The average Bonchev–Trinajstić information content (AvgIpc) is 2.74. The van der Waals surface area contributed by atoms with E-state index in [4.69, 9.17) is 4.74 Å². The van der Waals surface area contributed by atoms with Crippen LogP contribution < -0.4 is 0 Å². The van der Waals surface area contributed by atoms with Crippen LogP contribution in [0.1, 0.15) is 41.3 Å². The first-order valence-corrected chi connectivity index (χ1v) is 10.6. The van der Waals surface area contributed by atoms with Crippen LogP contribution in [0.3, 0.4) is 0 Å². The lowest BCUT2D eigenvalue weighted by atomic mass is 9.95. The van der Waals surface area contributed by atoms with E-state index in [2.05, 4.69) is 33.0 Å². The van der Waals surface area contributed by atoms with Gasteiger partial charge in [-0.1, -0.05) is 18.2 Å². The highest BCUT2D eigenvalue weighted by molar-refractivity contribution is 5.94. The summed E-state index contributed by atoms with van der Waals surface area (Å²) in [6.07, 6.45) is 6.17. The molecule has 0 spiro atoms.